The molecule has 1 fully saturated rings. The van der Waals surface area contributed by atoms with Crippen LogP contribution in [0, 0.1) is 37.5 Å². The van der Waals surface area contributed by atoms with E-state index in [-0.39, 0.29) is 5.92 Å². The number of piperidine rings is 1. The van der Waals surface area contributed by atoms with Crippen molar-refractivity contribution in [3.63, 3.8) is 0 Å². The highest BCUT2D eigenvalue weighted by atomic mass is 16.6. The second-order valence-corrected chi connectivity index (χ2v) is 9.11. The first-order chi connectivity index (χ1) is 16.3. The molecule has 2 aromatic rings. The summed E-state index contributed by atoms with van der Waals surface area (Å²) in [6.07, 6.45) is 2.44. The van der Waals surface area contributed by atoms with Gasteiger partial charge >= 0.3 is 0 Å². The van der Waals surface area contributed by atoms with Crippen LogP contribution in [0.5, 0.6) is 0 Å². The van der Waals surface area contributed by atoms with E-state index in [9.17, 15) is 15.5 Å². The molecule has 8 nitrogen and oxygen atoms in total. The van der Waals surface area contributed by atoms with Gasteiger partial charge in [0, 0.05) is 43.5 Å². The van der Waals surface area contributed by atoms with Gasteiger partial charge in [0.05, 0.1) is 24.0 Å². The van der Waals surface area contributed by atoms with Crippen LogP contribution in [0.1, 0.15) is 57.7 Å². The number of nitrogens with zero attached hydrogens (tertiary/aromatic N) is 3. The van der Waals surface area contributed by atoms with Crippen molar-refractivity contribution >= 4 is 12.0 Å². The van der Waals surface area contributed by atoms with Crippen LogP contribution >= 0.6 is 0 Å². The number of nitriles is 1. The first kappa shape index (κ1) is 24.0. The average molecular weight is 462 g/mol. The van der Waals surface area contributed by atoms with Crippen molar-refractivity contribution in [2.45, 2.75) is 52.1 Å². The summed E-state index contributed by atoms with van der Waals surface area (Å²) in [5.41, 5.74) is 6.89. The molecule has 4 N–H and O–H groups in total. The molecule has 0 radical (unpaired) electrons. The lowest BCUT2D eigenvalue weighted by atomic mass is 9.83. The minimum Gasteiger partial charge on any atom is -0.392 e. The number of rotatable bonds is 6. The summed E-state index contributed by atoms with van der Waals surface area (Å²) >= 11 is 0. The Morgan fingerprint density at radius 3 is 2.79 bits per heavy atom. The highest BCUT2D eigenvalue weighted by molar-refractivity contribution is 5.77. The predicted octanol–water partition coefficient (Wildman–Crippen LogP) is 3.20. The minimum atomic E-state index is -0.874. The molecule has 3 atom stereocenters. The third kappa shape index (κ3) is 4.74. The van der Waals surface area contributed by atoms with Gasteiger partial charge in [0.1, 0.15) is 11.9 Å². The molecule has 0 spiro atoms. The van der Waals surface area contributed by atoms with Crippen LogP contribution in [0.4, 0.5) is 5.82 Å². The van der Waals surface area contributed by atoms with E-state index in [1.54, 1.807) is 6.20 Å². The first-order valence-corrected chi connectivity index (χ1v) is 11.5. The fourth-order valence-electron chi connectivity index (χ4n) is 4.96. The summed E-state index contributed by atoms with van der Waals surface area (Å²) < 4.78 is 5.37. The quantitative estimate of drug-likeness (QED) is 0.487. The molecule has 178 valence electrons. The Kier molecular flexibility index (Phi) is 7.10. The van der Waals surface area contributed by atoms with Crippen LogP contribution in [-0.2, 0) is 11.3 Å². The summed E-state index contributed by atoms with van der Waals surface area (Å²) in [5.74, 6) is 0.584. The second-order valence-electron chi connectivity index (χ2n) is 9.11. The maximum Gasteiger partial charge on any atom is 0.181 e. The van der Waals surface area contributed by atoms with E-state index < -0.39 is 12.4 Å². The maximum atomic E-state index is 10.8. The smallest absolute Gasteiger partial charge is 0.181 e. The first-order valence-electron chi connectivity index (χ1n) is 11.5. The summed E-state index contributed by atoms with van der Waals surface area (Å²) in [6, 6.07) is 7.91. The SMILES string of the molecule is Cc1cc(N/C=C(\C=N)CN2CC[C@@H](O)[C@H](c3ccc4c(c3C)COC4O)C2)nc(C)c1C#N. The number of benzene rings is 1. The number of pyridine rings is 1. The highest BCUT2D eigenvalue weighted by Gasteiger charge is 2.32. The Labute approximate surface area is 200 Å². The number of fused-ring (bicyclic) bond motifs is 1. The molecular formula is C26H31N5O3. The zero-order chi connectivity index (χ0) is 24.4. The van der Waals surface area contributed by atoms with Crippen LogP contribution < -0.4 is 5.32 Å². The molecule has 4 rings (SSSR count). The number of hydrogen-bond donors (Lipinski definition) is 4. The van der Waals surface area contributed by atoms with E-state index in [2.05, 4.69) is 21.3 Å². The topological polar surface area (TPSA) is 125 Å². The van der Waals surface area contributed by atoms with Crippen molar-refractivity contribution in [1.29, 1.82) is 10.7 Å². The molecule has 0 bridgehead atoms. The van der Waals surface area contributed by atoms with Gasteiger partial charge in [-0.1, -0.05) is 12.1 Å². The number of aliphatic hydroxyl groups is 2. The van der Waals surface area contributed by atoms with E-state index in [4.69, 9.17) is 10.1 Å². The van der Waals surface area contributed by atoms with Gasteiger partial charge in [0.2, 0.25) is 0 Å². The third-order valence-corrected chi connectivity index (χ3v) is 6.89. The van der Waals surface area contributed by atoms with Crippen molar-refractivity contribution in [3.8, 4) is 6.07 Å². The largest absolute Gasteiger partial charge is 0.392 e. The van der Waals surface area contributed by atoms with Crippen LogP contribution in [0.15, 0.2) is 30.0 Å². The number of anilines is 1. The standard InChI is InChI=1S/C26H31N5O3/c1-15-8-25(30-17(3)21(15)10-28)29-11-18(9-27)12-31-7-6-24(32)22(13-31)19-4-5-20-23(16(19)2)14-34-26(20)33/h4-5,8-9,11,22,24,26-27,32-33H,6-7,12-14H2,1-3H3,(H,29,30)/b18-11+,27-9?/t22-,24+,26?/m0/s1. The van der Waals surface area contributed by atoms with Gasteiger partial charge in [-0.2, -0.15) is 5.26 Å². The molecule has 0 amide bonds. The van der Waals surface area contributed by atoms with Gasteiger partial charge in [-0.25, -0.2) is 4.98 Å². The average Bonchev–Trinajstić information content (AvgIpc) is 3.19. The lowest BCUT2D eigenvalue weighted by Crippen LogP contribution is -2.43. The van der Waals surface area contributed by atoms with Crippen LogP contribution in [0.25, 0.3) is 0 Å². The summed E-state index contributed by atoms with van der Waals surface area (Å²) in [5, 5.41) is 41.0. The normalized spacial score (nSPS) is 22.8. The number of hydrogen-bond acceptors (Lipinski definition) is 8. The van der Waals surface area contributed by atoms with Crippen LogP contribution in [0.2, 0.25) is 0 Å². The van der Waals surface area contributed by atoms with Crippen LogP contribution in [-0.4, -0.2) is 52.0 Å². The zero-order valence-electron chi connectivity index (χ0n) is 19.8. The van der Waals surface area contributed by atoms with Gasteiger partial charge in [-0.15, -0.1) is 0 Å². The molecule has 1 saturated heterocycles. The summed E-state index contributed by atoms with van der Waals surface area (Å²) in [4.78, 5) is 6.68. The van der Waals surface area contributed by atoms with Crippen molar-refractivity contribution < 1.29 is 14.9 Å². The van der Waals surface area contributed by atoms with E-state index in [1.165, 1.54) is 6.21 Å². The number of aryl methyl sites for hydroxylation is 2. The van der Waals surface area contributed by atoms with E-state index in [0.717, 1.165) is 39.9 Å². The van der Waals surface area contributed by atoms with Gasteiger partial charge in [0.15, 0.2) is 6.29 Å². The number of nitrogens with one attached hydrogen (secondary N) is 2. The lowest BCUT2D eigenvalue weighted by Gasteiger charge is -2.37. The fourth-order valence-corrected chi connectivity index (χ4v) is 4.96. The van der Waals surface area contributed by atoms with Crippen molar-refractivity contribution in [2.75, 3.05) is 25.0 Å². The van der Waals surface area contributed by atoms with E-state index >= 15 is 0 Å². The Morgan fingerprint density at radius 1 is 1.32 bits per heavy atom. The molecule has 8 heteroatoms. The Balaban J connectivity index is 1.48. The number of likely N-dealkylation sites (tertiary alicyclic amines) is 1. The fraction of sp³-hybridized carbons (Fsp3) is 0.423. The number of aromatic nitrogens is 1. The molecule has 34 heavy (non-hydrogen) atoms. The van der Waals surface area contributed by atoms with Crippen LogP contribution in [0.3, 0.4) is 0 Å². The van der Waals surface area contributed by atoms with Gasteiger partial charge in [-0.3, -0.25) is 4.90 Å². The third-order valence-electron chi connectivity index (χ3n) is 6.89. The number of aliphatic hydroxyl groups excluding tert-OH is 2. The van der Waals surface area contributed by atoms with Crippen molar-refractivity contribution in [2.24, 2.45) is 0 Å². The molecule has 3 heterocycles. The summed E-state index contributed by atoms with van der Waals surface area (Å²) in [6.45, 7) is 8.09. The van der Waals surface area contributed by atoms with E-state index in [0.29, 0.717) is 43.2 Å². The Morgan fingerprint density at radius 2 is 2.09 bits per heavy atom. The zero-order valence-corrected chi connectivity index (χ0v) is 19.8. The molecule has 2 aliphatic heterocycles. The van der Waals surface area contributed by atoms with Crippen molar-refractivity contribution in [1.82, 2.24) is 9.88 Å². The predicted molar refractivity (Wildman–Crippen MR) is 130 cm³/mol. The monoisotopic (exact) mass is 461 g/mol. The maximum absolute atomic E-state index is 10.8. The van der Waals surface area contributed by atoms with Gasteiger partial charge < -0.3 is 25.7 Å². The summed E-state index contributed by atoms with van der Waals surface area (Å²) in [7, 11) is 0. The van der Waals surface area contributed by atoms with Crippen molar-refractivity contribution in [3.05, 3.63) is 69.0 Å². The molecular weight excluding hydrogens is 430 g/mol. The second kappa shape index (κ2) is 10.0. The van der Waals surface area contributed by atoms with Gasteiger partial charge in [-0.05, 0) is 61.1 Å². The molecule has 1 aromatic carbocycles. The Hall–Kier alpha value is -3.09. The molecule has 0 aliphatic carbocycles. The highest BCUT2D eigenvalue weighted by Crippen LogP contribution is 2.37. The molecule has 0 saturated carbocycles. The Bertz CT molecular complexity index is 1150. The lowest BCUT2D eigenvalue weighted by molar-refractivity contribution is -0.0918. The molecule has 2 aliphatic rings. The molecule has 1 unspecified atom stereocenters. The molecule has 1 aromatic heterocycles. The number of ether oxygens (including phenoxy) is 1. The minimum absolute atomic E-state index is 0.0535. The van der Waals surface area contributed by atoms with Gasteiger partial charge in [0.25, 0.3) is 0 Å². The van der Waals surface area contributed by atoms with E-state index in [1.807, 2.05) is 39.0 Å².